The van der Waals surface area contributed by atoms with Crippen LogP contribution in [-0.4, -0.2) is 39.6 Å². The van der Waals surface area contributed by atoms with Crippen molar-refractivity contribution in [1.82, 2.24) is 5.43 Å². The maximum Gasteiger partial charge on any atom is 0.264 e. The van der Waals surface area contributed by atoms with Crippen molar-refractivity contribution in [1.29, 1.82) is 0 Å². The molecule has 2 N–H and O–H groups in total. The summed E-state index contributed by atoms with van der Waals surface area (Å²) in [6, 6.07) is 18.9. The van der Waals surface area contributed by atoms with Crippen LogP contribution in [0.4, 0.5) is 11.4 Å². The second-order valence-corrected chi connectivity index (χ2v) is 9.96. The molecule has 0 saturated heterocycles. The molecule has 0 bridgehead atoms. The van der Waals surface area contributed by atoms with E-state index in [1.165, 1.54) is 62.6 Å². The molecule has 0 aliphatic heterocycles. The number of nitrogens with one attached hydrogen (secondary N) is 2. The van der Waals surface area contributed by atoms with Crippen LogP contribution in [-0.2, 0) is 19.6 Å². The highest BCUT2D eigenvalue weighted by molar-refractivity contribution is 7.92. The van der Waals surface area contributed by atoms with E-state index >= 15 is 0 Å². The van der Waals surface area contributed by atoms with Gasteiger partial charge in [-0.2, -0.15) is 5.10 Å². The summed E-state index contributed by atoms with van der Waals surface area (Å²) in [5, 5.41) is 7.20. The van der Waals surface area contributed by atoms with Gasteiger partial charge in [0.1, 0.15) is 12.3 Å². The molecule has 36 heavy (non-hydrogen) atoms. The maximum atomic E-state index is 13.4. The summed E-state index contributed by atoms with van der Waals surface area (Å²) in [6.07, 6.45) is 0. The number of halogens is 1. The summed E-state index contributed by atoms with van der Waals surface area (Å²) in [5.74, 6) is -0.369. The van der Waals surface area contributed by atoms with Crippen molar-refractivity contribution in [2.45, 2.75) is 18.7 Å². The van der Waals surface area contributed by atoms with Crippen molar-refractivity contribution in [3.63, 3.8) is 0 Å². The molecule has 9 nitrogen and oxygen atoms in total. The van der Waals surface area contributed by atoms with Crippen molar-refractivity contribution in [3.8, 4) is 5.75 Å². The Hall–Kier alpha value is -3.89. The molecule has 0 aliphatic rings. The molecule has 0 saturated carbocycles. The zero-order valence-electron chi connectivity index (χ0n) is 19.9. The number of hydrazone groups is 1. The topological polar surface area (TPSA) is 117 Å². The summed E-state index contributed by atoms with van der Waals surface area (Å²) in [6.45, 7) is 2.55. The Kier molecular flexibility index (Phi) is 8.68. The van der Waals surface area contributed by atoms with Crippen LogP contribution in [0, 0.1) is 0 Å². The SMILES string of the molecule is COc1ccc(S(=O)(=O)N(CC(=O)N/N=C(/C)c2cccc(NC(C)=O)c2)c2ccc(Cl)cc2)cc1. The molecule has 0 aliphatic carbocycles. The molecular formula is C25H25ClN4O5S. The number of carbonyl (C=O) groups excluding carboxylic acids is 2. The normalized spacial score (nSPS) is 11.5. The number of benzene rings is 3. The summed E-state index contributed by atoms with van der Waals surface area (Å²) in [5.41, 5.74) is 4.38. The lowest BCUT2D eigenvalue weighted by molar-refractivity contribution is -0.119. The molecule has 188 valence electrons. The highest BCUT2D eigenvalue weighted by Gasteiger charge is 2.27. The summed E-state index contributed by atoms with van der Waals surface area (Å²) in [4.78, 5) is 24.1. The van der Waals surface area contributed by atoms with Crippen LogP contribution in [0.25, 0.3) is 0 Å². The molecule has 0 heterocycles. The van der Waals surface area contributed by atoms with E-state index in [1.54, 1.807) is 31.2 Å². The zero-order chi connectivity index (χ0) is 26.3. The van der Waals surface area contributed by atoms with Gasteiger partial charge in [-0.15, -0.1) is 0 Å². The molecule has 3 aromatic rings. The number of carbonyl (C=O) groups is 2. The van der Waals surface area contributed by atoms with Gasteiger partial charge in [-0.1, -0.05) is 23.7 Å². The third kappa shape index (κ3) is 6.83. The quantitative estimate of drug-likeness (QED) is 0.321. The van der Waals surface area contributed by atoms with Gasteiger partial charge in [0.25, 0.3) is 15.9 Å². The summed E-state index contributed by atoms with van der Waals surface area (Å²) < 4.78 is 33.0. The average Bonchev–Trinajstić information content (AvgIpc) is 2.86. The van der Waals surface area contributed by atoms with Crippen LogP contribution in [0.2, 0.25) is 5.02 Å². The third-order valence-corrected chi connectivity index (χ3v) is 7.04. The Balaban J connectivity index is 1.84. The minimum absolute atomic E-state index is 0.0134. The number of hydrogen-bond donors (Lipinski definition) is 2. The van der Waals surface area contributed by atoms with Crippen molar-refractivity contribution >= 4 is 50.5 Å². The monoisotopic (exact) mass is 528 g/mol. The first kappa shape index (κ1) is 26.7. The number of sulfonamides is 1. The van der Waals surface area contributed by atoms with E-state index in [1.807, 2.05) is 0 Å². The van der Waals surface area contributed by atoms with Gasteiger partial charge in [0.2, 0.25) is 5.91 Å². The van der Waals surface area contributed by atoms with Crippen LogP contribution < -0.4 is 19.8 Å². The Labute approximate surface area is 214 Å². The van der Waals surface area contributed by atoms with Gasteiger partial charge >= 0.3 is 0 Å². The van der Waals surface area contributed by atoms with Crippen LogP contribution >= 0.6 is 11.6 Å². The van der Waals surface area contributed by atoms with E-state index in [9.17, 15) is 18.0 Å². The lowest BCUT2D eigenvalue weighted by atomic mass is 10.1. The lowest BCUT2D eigenvalue weighted by Gasteiger charge is -2.24. The molecule has 0 fully saturated rings. The smallest absolute Gasteiger partial charge is 0.264 e. The number of ether oxygens (including phenoxy) is 1. The van der Waals surface area contributed by atoms with E-state index in [4.69, 9.17) is 16.3 Å². The van der Waals surface area contributed by atoms with E-state index in [-0.39, 0.29) is 16.5 Å². The Morgan fingerprint density at radius 2 is 1.67 bits per heavy atom. The summed E-state index contributed by atoms with van der Waals surface area (Å²) in [7, 11) is -2.63. The average molecular weight is 529 g/mol. The Bertz CT molecular complexity index is 1370. The standard InChI is InChI=1S/C25H25ClN4O5S/c1-17(19-5-4-6-21(15-19)27-18(2)31)28-29-25(32)16-30(22-9-7-20(26)8-10-22)36(33,34)24-13-11-23(35-3)12-14-24/h4-15H,16H2,1-3H3,(H,27,31)(H,29,32)/b28-17-. The summed E-state index contributed by atoms with van der Waals surface area (Å²) >= 11 is 5.97. The molecule has 0 aromatic heterocycles. The zero-order valence-corrected chi connectivity index (χ0v) is 21.4. The molecule has 11 heteroatoms. The number of anilines is 2. The van der Waals surface area contributed by atoms with E-state index in [0.29, 0.717) is 27.7 Å². The number of methoxy groups -OCH3 is 1. The van der Waals surface area contributed by atoms with Gasteiger partial charge in [-0.3, -0.25) is 13.9 Å². The minimum atomic E-state index is -4.11. The molecule has 0 spiro atoms. The molecule has 3 rings (SSSR count). The van der Waals surface area contributed by atoms with Crippen LogP contribution in [0.15, 0.2) is 82.8 Å². The fraction of sp³-hybridized carbons (Fsp3) is 0.160. The minimum Gasteiger partial charge on any atom is -0.497 e. The van der Waals surface area contributed by atoms with Gasteiger partial charge in [0.15, 0.2) is 0 Å². The highest BCUT2D eigenvalue weighted by atomic mass is 35.5. The van der Waals surface area contributed by atoms with E-state index in [2.05, 4.69) is 15.8 Å². The van der Waals surface area contributed by atoms with Gasteiger partial charge < -0.3 is 10.1 Å². The van der Waals surface area contributed by atoms with Gasteiger partial charge in [-0.05, 0) is 73.2 Å². The fourth-order valence-electron chi connectivity index (χ4n) is 3.20. The maximum absolute atomic E-state index is 13.4. The lowest BCUT2D eigenvalue weighted by Crippen LogP contribution is -2.39. The Morgan fingerprint density at radius 1 is 1.00 bits per heavy atom. The van der Waals surface area contributed by atoms with Gasteiger partial charge in [0.05, 0.1) is 23.4 Å². The first-order valence-corrected chi connectivity index (χ1v) is 12.6. The van der Waals surface area contributed by atoms with Crippen molar-refractivity contribution in [2.24, 2.45) is 5.10 Å². The molecule has 0 unspecified atom stereocenters. The van der Waals surface area contributed by atoms with Gasteiger partial charge in [0, 0.05) is 17.6 Å². The molecular weight excluding hydrogens is 504 g/mol. The third-order valence-electron chi connectivity index (χ3n) is 5.00. The van der Waals surface area contributed by atoms with E-state index in [0.717, 1.165) is 4.31 Å². The predicted octanol–water partition coefficient (Wildman–Crippen LogP) is 4.04. The van der Waals surface area contributed by atoms with E-state index < -0.39 is 22.5 Å². The van der Waals surface area contributed by atoms with Gasteiger partial charge in [-0.25, -0.2) is 13.8 Å². The molecule has 2 amide bonds. The molecule has 3 aromatic carbocycles. The van der Waals surface area contributed by atoms with Crippen molar-refractivity contribution in [2.75, 3.05) is 23.3 Å². The Morgan fingerprint density at radius 3 is 2.28 bits per heavy atom. The first-order valence-electron chi connectivity index (χ1n) is 10.7. The highest BCUT2D eigenvalue weighted by Crippen LogP contribution is 2.26. The second kappa shape index (κ2) is 11.7. The predicted molar refractivity (Wildman–Crippen MR) is 140 cm³/mol. The van der Waals surface area contributed by atoms with Crippen molar-refractivity contribution < 1.29 is 22.7 Å². The number of nitrogens with zero attached hydrogens (tertiary/aromatic N) is 2. The second-order valence-electron chi connectivity index (χ2n) is 7.66. The largest absolute Gasteiger partial charge is 0.497 e. The number of hydrogen-bond acceptors (Lipinski definition) is 6. The van der Waals surface area contributed by atoms with Crippen LogP contribution in [0.1, 0.15) is 19.4 Å². The molecule has 0 radical (unpaired) electrons. The number of amides is 2. The van der Waals surface area contributed by atoms with Crippen LogP contribution in [0.5, 0.6) is 5.75 Å². The van der Waals surface area contributed by atoms with Crippen molar-refractivity contribution in [3.05, 3.63) is 83.4 Å². The fourth-order valence-corrected chi connectivity index (χ4v) is 4.75. The first-order chi connectivity index (χ1) is 17.1. The van der Waals surface area contributed by atoms with Crippen LogP contribution in [0.3, 0.4) is 0 Å². The number of rotatable bonds is 9. The molecule has 0 atom stereocenters.